The zero-order chi connectivity index (χ0) is 40.4. The third-order valence-corrected chi connectivity index (χ3v) is 12.7. The average Bonchev–Trinajstić information content (AvgIpc) is 4.00. The van der Waals surface area contributed by atoms with Crippen molar-refractivity contribution in [1.82, 2.24) is 20.9 Å². The number of benzene rings is 3. The van der Waals surface area contributed by atoms with E-state index in [1.165, 1.54) is 0 Å². The van der Waals surface area contributed by atoms with Crippen LogP contribution < -0.4 is 20.7 Å². The van der Waals surface area contributed by atoms with Crippen LogP contribution >= 0.6 is 0 Å². The predicted octanol–water partition coefficient (Wildman–Crippen LogP) is 5.15. The van der Waals surface area contributed by atoms with Crippen LogP contribution in [0.5, 0.6) is 5.75 Å². The molecule has 3 fully saturated rings. The molecule has 6 N–H and O–H groups in total. The third kappa shape index (κ3) is 11.9. The summed E-state index contributed by atoms with van der Waals surface area (Å²) in [4.78, 5) is 39.2. The molecule has 0 spiro atoms. The van der Waals surface area contributed by atoms with Crippen molar-refractivity contribution in [1.29, 1.82) is 0 Å². The molecular formula is C46H62N4O7. The molecule has 308 valence electrons. The van der Waals surface area contributed by atoms with Gasteiger partial charge in [0.15, 0.2) is 0 Å². The van der Waals surface area contributed by atoms with Crippen molar-refractivity contribution in [2.75, 3.05) is 52.4 Å². The Hall–Kier alpha value is -4.29. The standard InChI is InChI=1S/C46H62N4O7/c1-46(2,26-34-9-3-6-31(20-34)23-40(43(51)52)36-12-15-47-27-36)50(30-35-10-4-7-32(21-35)24-41(44(53)54)37-13-16-48-28-37)18-19-57-39-11-5-8-33(22-39)25-42(45(55)56)38-14-17-49-29-38/h3-11,20-22,36-38,40-42,47-49H,12-19,23-30H2,1-2H3,(H,51,52)(H,53,54)(H,55,56)/t36-,37-,38-,40-,41-,42-/m0/s1. The van der Waals surface area contributed by atoms with E-state index < -0.39 is 35.7 Å². The second-order valence-electron chi connectivity index (χ2n) is 17.3. The van der Waals surface area contributed by atoms with Crippen molar-refractivity contribution in [2.45, 2.75) is 70.9 Å². The highest BCUT2D eigenvalue weighted by atomic mass is 16.5. The van der Waals surface area contributed by atoms with Gasteiger partial charge in [-0.05, 0) is 156 Å². The second kappa shape index (κ2) is 19.9. The smallest absolute Gasteiger partial charge is 0.307 e. The van der Waals surface area contributed by atoms with Crippen LogP contribution in [0.15, 0.2) is 72.8 Å². The second-order valence-corrected chi connectivity index (χ2v) is 17.3. The Bertz CT molecular complexity index is 1800. The van der Waals surface area contributed by atoms with Gasteiger partial charge >= 0.3 is 17.9 Å². The fourth-order valence-electron chi connectivity index (χ4n) is 9.37. The van der Waals surface area contributed by atoms with E-state index in [1.54, 1.807) is 0 Å². The van der Waals surface area contributed by atoms with Crippen LogP contribution in [0.4, 0.5) is 0 Å². The van der Waals surface area contributed by atoms with Crippen LogP contribution in [-0.4, -0.2) is 96.1 Å². The molecule has 6 rings (SSSR count). The maximum Gasteiger partial charge on any atom is 0.307 e. The van der Waals surface area contributed by atoms with Gasteiger partial charge in [0, 0.05) is 18.6 Å². The van der Waals surface area contributed by atoms with E-state index >= 15 is 0 Å². The molecule has 0 amide bonds. The number of nitrogens with one attached hydrogen (secondary N) is 3. The molecule has 0 radical (unpaired) electrons. The number of nitrogens with zero attached hydrogens (tertiary/aromatic N) is 1. The molecule has 0 aliphatic carbocycles. The monoisotopic (exact) mass is 782 g/mol. The molecule has 0 aromatic heterocycles. The summed E-state index contributed by atoms with van der Waals surface area (Å²) in [6.45, 7) is 10.9. The van der Waals surface area contributed by atoms with Gasteiger partial charge in [-0.3, -0.25) is 19.3 Å². The Balaban J connectivity index is 1.18. The molecule has 0 saturated carbocycles. The lowest BCUT2D eigenvalue weighted by molar-refractivity contribution is -0.144. The van der Waals surface area contributed by atoms with E-state index in [0.717, 1.165) is 92.8 Å². The van der Waals surface area contributed by atoms with Gasteiger partial charge in [0.05, 0.1) is 17.8 Å². The Morgan fingerprint density at radius 1 is 0.649 bits per heavy atom. The van der Waals surface area contributed by atoms with E-state index in [-0.39, 0.29) is 23.3 Å². The largest absolute Gasteiger partial charge is 0.492 e. The maximum absolute atomic E-state index is 12.3. The van der Waals surface area contributed by atoms with E-state index in [9.17, 15) is 29.7 Å². The van der Waals surface area contributed by atoms with Gasteiger partial charge in [-0.2, -0.15) is 0 Å². The van der Waals surface area contributed by atoms with Gasteiger partial charge < -0.3 is 36.0 Å². The fourth-order valence-corrected chi connectivity index (χ4v) is 9.37. The Morgan fingerprint density at radius 2 is 1.07 bits per heavy atom. The summed E-state index contributed by atoms with van der Waals surface area (Å²) in [5, 5.41) is 40.2. The van der Waals surface area contributed by atoms with Crippen molar-refractivity contribution < 1.29 is 34.4 Å². The molecule has 3 aromatic rings. The summed E-state index contributed by atoms with van der Waals surface area (Å²) in [6, 6.07) is 24.5. The minimum atomic E-state index is -0.760. The third-order valence-electron chi connectivity index (χ3n) is 12.7. The summed E-state index contributed by atoms with van der Waals surface area (Å²) in [5.41, 5.74) is 4.89. The van der Waals surface area contributed by atoms with E-state index in [1.807, 2.05) is 48.5 Å². The highest BCUT2D eigenvalue weighted by molar-refractivity contribution is 5.72. The molecule has 6 atom stereocenters. The quantitative estimate of drug-likeness (QED) is 0.0849. The Labute approximate surface area is 337 Å². The van der Waals surface area contributed by atoms with Gasteiger partial charge in [0.2, 0.25) is 0 Å². The zero-order valence-electron chi connectivity index (χ0n) is 33.6. The highest BCUT2D eigenvalue weighted by Gasteiger charge is 2.34. The lowest BCUT2D eigenvalue weighted by atomic mass is 9.85. The molecule has 3 saturated heterocycles. The topological polar surface area (TPSA) is 160 Å². The van der Waals surface area contributed by atoms with Crippen LogP contribution in [-0.2, 0) is 46.6 Å². The van der Waals surface area contributed by atoms with Gasteiger partial charge in [0.1, 0.15) is 12.4 Å². The summed E-state index contributed by atoms with van der Waals surface area (Å²) < 4.78 is 6.39. The van der Waals surface area contributed by atoms with E-state index in [2.05, 4.69) is 59.0 Å². The number of rotatable bonds is 21. The number of carboxylic acids is 3. The number of carbonyl (C=O) groups is 3. The van der Waals surface area contributed by atoms with Crippen LogP contribution in [0.2, 0.25) is 0 Å². The van der Waals surface area contributed by atoms with Gasteiger partial charge in [-0.1, -0.05) is 60.7 Å². The first-order valence-electron chi connectivity index (χ1n) is 20.9. The molecule has 3 heterocycles. The van der Waals surface area contributed by atoms with Crippen molar-refractivity contribution in [3.05, 3.63) is 101 Å². The van der Waals surface area contributed by atoms with Gasteiger partial charge in [0.25, 0.3) is 0 Å². The summed E-state index contributed by atoms with van der Waals surface area (Å²) in [5.74, 6) is -2.50. The minimum absolute atomic E-state index is 0.111. The van der Waals surface area contributed by atoms with Crippen molar-refractivity contribution in [3.8, 4) is 5.75 Å². The van der Waals surface area contributed by atoms with Crippen molar-refractivity contribution in [3.63, 3.8) is 0 Å². The molecule has 0 bridgehead atoms. The first-order valence-corrected chi connectivity index (χ1v) is 20.9. The van der Waals surface area contributed by atoms with Crippen LogP contribution in [0, 0.1) is 35.5 Å². The first kappa shape index (κ1) is 42.3. The molecular weight excluding hydrogens is 721 g/mol. The van der Waals surface area contributed by atoms with E-state index in [4.69, 9.17) is 4.74 Å². The van der Waals surface area contributed by atoms with Crippen LogP contribution in [0.1, 0.15) is 60.9 Å². The van der Waals surface area contributed by atoms with Gasteiger partial charge in [-0.25, -0.2) is 0 Å². The average molecular weight is 783 g/mol. The highest BCUT2D eigenvalue weighted by Crippen LogP contribution is 2.30. The normalized spacial score (nSPS) is 21.4. The van der Waals surface area contributed by atoms with E-state index in [0.29, 0.717) is 44.7 Å². The molecule has 3 aromatic carbocycles. The number of aliphatic carboxylic acids is 3. The lowest BCUT2D eigenvalue weighted by Gasteiger charge is -2.39. The van der Waals surface area contributed by atoms with Gasteiger partial charge in [-0.15, -0.1) is 0 Å². The van der Waals surface area contributed by atoms with Crippen molar-refractivity contribution in [2.24, 2.45) is 35.5 Å². The number of hydrogen-bond donors (Lipinski definition) is 6. The molecule has 0 unspecified atom stereocenters. The Morgan fingerprint density at radius 3 is 1.53 bits per heavy atom. The first-order chi connectivity index (χ1) is 27.4. The fraction of sp³-hybridized carbons (Fsp3) is 0.543. The zero-order valence-corrected chi connectivity index (χ0v) is 33.6. The molecule has 11 heteroatoms. The lowest BCUT2D eigenvalue weighted by Crippen LogP contribution is -2.47. The number of carboxylic acid groups (broad SMARTS) is 3. The summed E-state index contributed by atoms with van der Waals surface area (Å²) in [7, 11) is 0. The number of hydrogen-bond acceptors (Lipinski definition) is 8. The Kier molecular flexibility index (Phi) is 14.8. The maximum atomic E-state index is 12.3. The summed E-state index contributed by atoms with van der Waals surface area (Å²) in [6.07, 6.45) is 4.78. The minimum Gasteiger partial charge on any atom is -0.492 e. The number of ether oxygens (including phenoxy) is 1. The SMILES string of the molecule is CC(C)(Cc1cccc(C[C@H](C(=O)O)[C@H]2CCNC2)c1)N(CCOc1cccc(C[C@H](C(=O)O)[C@H]2CCNC2)c1)Cc1cccc(C[C@H](C(=O)O)[C@H]2CCNC2)c1. The molecule has 57 heavy (non-hydrogen) atoms. The molecule has 3 aliphatic heterocycles. The molecule has 11 nitrogen and oxygen atoms in total. The van der Waals surface area contributed by atoms with Crippen LogP contribution in [0.25, 0.3) is 0 Å². The predicted molar refractivity (Wildman–Crippen MR) is 220 cm³/mol. The van der Waals surface area contributed by atoms with Crippen molar-refractivity contribution >= 4 is 17.9 Å². The van der Waals surface area contributed by atoms with Crippen LogP contribution in [0.3, 0.4) is 0 Å². The summed E-state index contributed by atoms with van der Waals surface area (Å²) >= 11 is 0. The molecule has 3 aliphatic rings.